The van der Waals surface area contributed by atoms with Crippen molar-refractivity contribution in [2.45, 2.75) is 25.7 Å². The van der Waals surface area contributed by atoms with Crippen molar-refractivity contribution in [3.8, 4) is 11.4 Å². The Morgan fingerprint density at radius 1 is 1.16 bits per heavy atom. The lowest BCUT2D eigenvalue weighted by Crippen LogP contribution is -2.01. The lowest BCUT2D eigenvalue weighted by atomic mass is 9.95. The number of aromatic nitrogens is 3. The predicted molar refractivity (Wildman–Crippen MR) is 77.4 cm³/mol. The molecule has 0 aromatic carbocycles. The zero-order chi connectivity index (χ0) is 12.8. The summed E-state index contributed by atoms with van der Waals surface area (Å²) in [6.45, 7) is 0. The molecule has 5 heteroatoms. The van der Waals surface area contributed by atoms with Gasteiger partial charge in [0.1, 0.15) is 0 Å². The van der Waals surface area contributed by atoms with Crippen molar-refractivity contribution in [2.75, 3.05) is 5.73 Å². The third-order valence-electron chi connectivity index (χ3n) is 3.74. The molecular formula is C14H14N4S. The van der Waals surface area contributed by atoms with Gasteiger partial charge in [0.2, 0.25) is 0 Å². The molecule has 2 N–H and O–H groups in total. The van der Waals surface area contributed by atoms with Crippen LogP contribution in [0.2, 0.25) is 0 Å². The van der Waals surface area contributed by atoms with Gasteiger partial charge in [-0.15, -0.1) is 21.5 Å². The molecule has 0 radical (unpaired) electrons. The van der Waals surface area contributed by atoms with Crippen LogP contribution in [0.3, 0.4) is 0 Å². The first-order valence-electron chi connectivity index (χ1n) is 6.55. The number of aryl methyl sites for hydroxylation is 1. The van der Waals surface area contributed by atoms with E-state index in [1.807, 2.05) is 28.8 Å². The summed E-state index contributed by atoms with van der Waals surface area (Å²) in [6, 6.07) is 5.93. The maximum Gasteiger partial charge on any atom is 0.171 e. The number of hydrogen-bond donors (Lipinski definition) is 1. The molecule has 1 aliphatic rings. The van der Waals surface area contributed by atoms with Crippen LogP contribution in [0.4, 0.5) is 5.00 Å². The van der Waals surface area contributed by atoms with E-state index in [1.165, 1.54) is 23.3 Å². The Kier molecular flexibility index (Phi) is 2.35. The van der Waals surface area contributed by atoms with Gasteiger partial charge in [0, 0.05) is 11.1 Å². The zero-order valence-electron chi connectivity index (χ0n) is 10.5. The molecule has 19 heavy (non-hydrogen) atoms. The topological polar surface area (TPSA) is 56.2 Å². The number of anilines is 1. The van der Waals surface area contributed by atoms with Crippen LogP contribution < -0.4 is 5.73 Å². The molecule has 3 aromatic rings. The van der Waals surface area contributed by atoms with E-state index in [4.69, 9.17) is 5.73 Å². The second kappa shape index (κ2) is 4.06. The van der Waals surface area contributed by atoms with Gasteiger partial charge in [-0.25, -0.2) is 0 Å². The third kappa shape index (κ3) is 1.58. The monoisotopic (exact) mass is 270 g/mol. The highest BCUT2D eigenvalue weighted by molar-refractivity contribution is 7.16. The molecule has 1 aliphatic carbocycles. The summed E-state index contributed by atoms with van der Waals surface area (Å²) in [5.41, 5.74) is 9.61. The quantitative estimate of drug-likeness (QED) is 0.739. The summed E-state index contributed by atoms with van der Waals surface area (Å²) in [4.78, 5) is 1.44. The van der Waals surface area contributed by atoms with Crippen molar-refractivity contribution in [3.63, 3.8) is 0 Å². The van der Waals surface area contributed by atoms with Crippen LogP contribution in [-0.4, -0.2) is 14.6 Å². The number of nitrogens with zero attached hydrogens (tertiary/aromatic N) is 3. The first-order chi connectivity index (χ1) is 9.34. The largest absolute Gasteiger partial charge is 0.390 e. The summed E-state index contributed by atoms with van der Waals surface area (Å²) in [5.74, 6) is 0.882. The fourth-order valence-corrected chi connectivity index (χ4v) is 4.00. The maximum absolute atomic E-state index is 6.24. The maximum atomic E-state index is 6.24. The van der Waals surface area contributed by atoms with E-state index in [0.717, 1.165) is 34.9 Å². The molecule has 3 heterocycles. The Morgan fingerprint density at radius 2 is 2.05 bits per heavy atom. The standard InChI is InChI=1S/C14H14N4S/c15-13-12(9-5-1-2-6-10(9)19-13)14-17-16-11-7-3-4-8-18(11)14/h3-4,7-8H,1-2,5-6,15H2. The summed E-state index contributed by atoms with van der Waals surface area (Å²) >= 11 is 1.72. The number of rotatable bonds is 1. The van der Waals surface area contributed by atoms with E-state index in [-0.39, 0.29) is 0 Å². The third-order valence-corrected chi connectivity index (χ3v) is 4.86. The van der Waals surface area contributed by atoms with Crippen LogP contribution in [0.15, 0.2) is 24.4 Å². The minimum Gasteiger partial charge on any atom is -0.390 e. The molecule has 0 bridgehead atoms. The molecule has 0 saturated heterocycles. The summed E-state index contributed by atoms with van der Waals surface area (Å²) in [5, 5.41) is 9.45. The molecule has 0 unspecified atom stereocenters. The van der Waals surface area contributed by atoms with Crippen molar-refractivity contribution in [2.24, 2.45) is 0 Å². The van der Waals surface area contributed by atoms with Gasteiger partial charge in [0.05, 0.1) is 10.6 Å². The smallest absolute Gasteiger partial charge is 0.171 e. The molecule has 0 saturated carbocycles. The van der Waals surface area contributed by atoms with Gasteiger partial charge in [-0.3, -0.25) is 4.40 Å². The van der Waals surface area contributed by atoms with E-state index >= 15 is 0 Å². The highest BCUT2D eigenvalue weighted by Gasteiger charge is 2.23. The zero-order valence-corrected chi connectivity index (χ0v) is 11.3. The molecule has 0 atom stereocenters. The van der Waals surface area contributed by atoms with Crippen LogP contribution in [0, 0.1) is 0 Å². The van der Waals surface area contributed by atoms with Gasteiger partial charge in [-0.2, -0.15) is 0 Å². The van der Waals surface area contributed by atoms with Crippen LogP contribution in [-0.2, 0) is 12.8 Å². The van der Waals surface area contributed by atoms with Crippen molar-refractivity contribution in [1.29, 1.82) is 0 Å². The molecule has 4 nitrogen and oxygen atoms in total. The summed E-state index contributed by atoms with van der Waals surface area (Å²) in [7, 11) is 0. The van der Waals surface area contributed by atoms with Gasteiger partial charge in [-0.05, 0) is 43.4 Å². The Labute approximate surface area is 114 Å². The lowest BCUT2D eigenvalue weighted by Gasteiger charge is -2.11. The molecule has 0 fully saturated rings. The number of hydrogen-bond acceptors (Lipinski definition) is 4. The van der Waals surface area contributed by atoms with Crippen molar-refractivity contribution in [1.82, 2.24) is 14.6 Å². The van der Waals surface area contributed by atoms with E-state index in [9.17, 15) is 0 Å². The predicted octanol–water partition coefficient (Wildman–Crippen LogP) is 2.92. The van der Waals surface area contributed by atoms with Crippen molar-refractivity contribution >= 4 is 22.0 Å². The van der Waals surface area contributed by atoms with Crippen LogP contribution in [0.1, 0.15) is 23.3 Å². The molecule has 0 amide bonds. The van der Waals surface area contributed by atoms with Crippen LogP contribution >= 0.6 is 11.3 Å². The number of nitrogens with two attached hydrogens (primary N) is 1. The molecular weight excluding hydrogens is 256 g/mol. The second-order valence-corrected chi connectivity index (χ2v) is 6.04. The van der Waals surface area contributed by atoms with E-state index < -0.39 is 0 Å². The number of thiophene rings is 1. The highest BCUT2D eigenvalue weighted by atomic mass is 32.1. The van der Waals surface area contributed by atoms with E-state index in [2.05, 4.69) is 10.2 Å². The Bertz CT molecular complexity index is 756. The molecule has 3 aromatic heterocycles. The fourth-order valence-electron chi connectivity index (χ4n) is 2.84. The van der Waals surface area contributed by atoms with Crippen molar-refractivity contribution in [3.05, 3.63) is 34.8 Å². The summed E-state index contributed by atoms with van der Waals surface area (Å²) < 4.78 is 2.02. The fraction of sp³-hybridized carbons (Fsp3) is 0.286. The first kappa shape index (κ1) is 11.0. The molecule has 96 valence electrons. The van der Waals surface area contributed by atoms with Crippen LogP contribution in [0.25, 0.3) is 17.0 Å². The average molecular weight is 270 g/mol. The number of fused-ring (bicyclic) bond motifs is 2. The SMILES string of the molecule is Nc1sc2c(c1-c1nnc3ccccn13)CCCC2. The summed E-state index contributed by atoms with van der Waals surface area (Å²) in [6.07, 6.45) is 6.78. The molecule has 0 aliphatic heterocycles. The second-order valence-electron chi connectivity index (χ2n) is 4.90. The van der Waals surface area contributed by atoms with E-state index in [0.29, 0.717) is 0 Å². The molecule has 0 spiro atoms. The van der Waals surface area contributed by atoms with E-state index in [1.54, 1.807) is 11.3 Å². The van der Waals surface area contributed by atoms with Gasteiger partial charge < -0.3 is 5.73 Å². The average Bonchev–Trinajstić information content (AvgIpc) is 2.98. The number of nitrogen functional groups attached to an aromatic ring is 1. The minimum absolute atomic E-state index is 0.868. The Morgan fingerprint density at radius 3 is 3.00 bits per heavy atom. The lowest BCUT2D eigenvalue weighted by molar-refractivity contribution is 0.697. The Hall–Kier alpha value is -1.88. The minimum atomic E-state index is 0.868. The molecule has 4 rings (SSSR count). The normalized spacial score (nSPS) is 14.7. The number of pyridine rings is 1. The van der Waals surface area contributed by atoms with Crippen molar-refractivity contribution < 1.29 is 0 Å². The first-order valence-corrected chi connectivity index (χ1v) is 7.36. The highest BCUT2D eigenvalue weighted by Crippen LogP contribution is 2.41. The van der Waals surface area contributed by atoms with Crippen LogP contribution in [0.5, 0.6) is 0 Å². The Balaban J connectivity index is 2.00. The van der Waals surface area contributed by atoms with Gasteiger partial charge in [-0.1, -0.05) is 6.07 Å². The van der Waals surface area contributed by atoms with Gasteiger partial charge in [0.15, 0.2) is 11.5 Å². The van der Waals surface area contributed by atoms with Gasteiger partial charge >= 0.3 is 0 Å². The van der Waals surface area contributed by atoms with Gasteiger partial charge in [0.25, 0.3) is 0 Å².